The van der Waals surface area contributed by atoms with E-state index < -0.39 is 0 Å². The third-order valence-electron chi connectivity index (χ3n) is 3.19. The first-order valence-corrected chi connectivity index (χ1v) is 6.59. The maximum absolute atomic E-state index is 12.3. The number of carbonyl (C=O) groups is 1. The van der Waals surface area contributed by atoms with Gasteiger partial charge in [0.25, 0.3) is 0 Å². The van der Waals surface area contributed by atoms with Crippen molar-refractivity contribution >= 4 is 5.91 Å². The van der Waals surface area contributed by atoms with Gasteiger partial charge < -0.3 is 10.2 Å². The Balaban J connectivity index is 1.98. The maximum atomic E-state index is 12.3. The van der Waals surface area contributed by atoms with Crippen LogP contribution < -0.4 is 5.32 Å². The van der Waals surface area contributed by atoms with Crippen molar-refractivity contribution in [2.45, 2.75) is 45.3 Å². The zero-order valence-corrected chi connectivity index (χ0v) is 11.4. The number of aryl methyl sites for hydroxylation is 1. The van der Waals surface area contributed by atoms with Crippen LogP contribution in [0.5, 0.6) is 0 Å². The van der Waals surface area contributed by atoms with E-state index >= 15 is 0 Å². The third kappa shape index (κ3) is 3.10. The first kappa shape index (κ1) is 13.1. The lowest BCUT2D eigenvalue weighted by atomic mass is 10.0. The molecule has 5 nitrogen and oxygen atoms in total. The van der Waals surface area contributed by atoms with Crippen molar-refractivity contribution in [3.05, 3.63) is 18.0 Å². The largest absolute Gasteiger partial charge is 0.335 e. The van der Waals surface area contributed by atoms with Gasteiger partial charge in [0.05, 0.1) is 18.3 Å². The highest BCUT2D eigenvalue weighted by molar-refractivity contribution is 5.82. The van der Waals surface area contributed by atoms with Gasteiger partial charge in [-0.15, -0.1) is 0 Å². The number of rotatable bonds is 4. The first-order chi connectivity index (χ1) is 8.56. The van der Waals surface area contributed by atoms with E-state index in [9.17, 15) is 4.79 Å². The lowest BCUT2D eigenvalue weighted by molar-refractivity contribution is -0.136. The predicted molar refractivity (Wildman–Crippen MR) is 69.9 cm³/mol. The number of hydrogen-bond donors (Lipinski definition) is 1. The second-order valence-electron chi connectivity index (χ2n) is 5.26. The summed E-state index contributed by atoms with van der Waals surface area (Å²) in [6.07, 6.45) is 3.91. The van der Waals surface area contributed by atoms with E-state index in [4.69, 9.17) is 0 Å². The number of amides is 1. The summed E-state index contributed by atoms with van der Waals surface area (Å²) in [6.45, 7) is 5.61. The van der Waals surface area contributed by atoms with Crippen molar-refractivity contribution in [2.75, 3.05) is 6.54 Å². The topological polar surface area (TPSA) is 50.2 Å². The molecule has 18 heavy (non-hydrogen) atoms. The Bertz CT molecular complexity index is 413. The molecule has 1 N–H and O–H groups in total. The minimum atomic E-state index is -0.0255. The standard InChI is InChI=1S/C13H22N4O/c1-10(2)14-12-5-4-7-17(13(12)18)9-11-6-8-16(3)15-11/h6,8,10,12,14H,4-5,7,9H2,1-3H3. The van der Waals surface area contributed by atoms with Crippen LogP contribution in [0, 0.1) is 0 Å². The molecule has 1 saturated heterocycles. The molecule has 0 spiro atoms. The Morgan fingerprint density at radius 1 is 1.56 bits per heavy atom. The smallest absolute Gasteiger partial charge is 0.240 e. The summed E-state index contributed by atoms with van der Waals surface area (Å²) in [5, 5.41) is 7.66. The summed E-state index contributed by atoms with van der Waals surface area (Å²) in [4.78, 5) is 14.2. The zero-order chi connectivity index (χ0) is 13.1. The van der Waals surface area contributed by atoms with Crippen LogP contribution in [0.15, 0.2) is 12.3 Å². The molecule has 0 saturated carbocycles. The second-order valence-corrected chi connectivity index (χ2v) is 5.26. The Labute approximate surface area is 108 Å². The third-order valence-corrected chi connectivity index (χ3v) is 3.19. The van der Waals surface area contributed by atoms with Crippen LogP contribution in [0.25, 0.3) is 0 Å². The van der Waals surface area contributed by atoms with Crippen LogP contribution >= 0.6 is 0 Å². The van der Waals surface area contributed by atoms with Crippen LogP contribution in [0.4, 0.5) is 0 Å². The number of carbonyl (C=O) groups excluding carboxylic acids is 1. The average Bonchev–Trinajstić information content (AvgIpc) is 2.69. The van der Waals surface area contributed by atoms with Gasteiger partial charge in [-0.3, -0.25) is 9.48 Å². The van der Waals surface area contributed by atoms with E-state index in [1.54, 1.807) is 4.68 Å². The lowest BCUT2D eigenvalue weighted by Crippen LogP contribution is -2.52. The normalized spacial score (nSPS) is 20.8. The minimum absolute atomic E-state index is 0.0255. The quantitative estimate of drug-likeness (QED) is 0.864. The molecule has 100 valence electrons. The average molecular weight is 250 g/mol. The molecule has 0 bridgehead atoms. The van der Waals surface area contributed by atoms with Crippen molar-refractivity contribution in [3.63, 3.8) is 0 Å². The van der Waals surface area contributed by atoms with Crippen molar-refractivity contribution in [2.24, 2.45) is 7.05 Å². The monoisotopic (exact) mass is 250 g/mol. The lowest BCUT2D eigenvalue weighted by Gasteiger charge is -2.33. The molecule has 0 radical (unpaired) electrons. The zero-order valence-electron chi connectivity index (χ0n) is 11.4. The summed E-state index contributed by atoms with van der Waals surface area (Å²) in [7, 11) is 1.89. The Hall–Kier alpha value is -1.36. The Kier molecular flexibility index (Phi) is 4.01. The molecule has 1 aliphatic rings. The number of nitrogens with zero attached hydrogens (tertiary/aromatic N) is 3. The molecule has 1 amide bonds. The van der Waals surface area contributed by atoms with Gasteiger partial charge in [-0.1, -0.05) is 13.8 Å². The van der Waals surface area contributed by atoms with Crippen molar-refractivity contribution in [1.82, 2.24) is 20.0 Å². The van der Waals surface area contributed by atoms with Crippen molar-refractivity contribution < 1.29 is 4.79 Å². The highest BCUT2D eigenvalue weighted by atomic mass is 16.2. The molecular weight excluding hydrogens is 228 g/mol. The molecule has 0 aliphatic carbocycles. The Morgan fingerprint density at radius 3 is 2.94 bits per heavy atom. The van der Waals surface area contributed by atoms with E-state index in [1.807, 2.05) is 24.2 Å². The van der Waals surface area contributed by atoms with Crippen molar-refractivity contribution in [3.8, 4) is 0 Å². The summed E-state index contributed by atoms with van der Waals surface area (Å²) in [6, 6.07) is 2.28. The van der Waals surface area contributed by atoms with E-state index in [0.29, 0.717) is 12.6 Å². The van der Waals surface area contributed by atoms with Crippen LogP contribution in [-0.2, 0) is 18.4 Å². The van der Waals surface area contributed by atoms with Gasteiger partial charge in [0.1, 0.15) is 0 Å². The van der Waals surface area contributed by atoms with Crippen LogP contribution in [0.3, 0.4) is 0 Å². The molecule has 1 aromatic heterocycles. The molecule has 2 heterocycles. The molecule has 1 aliphatic heterocycles. The van der Waals surface area contributed by atoms with Gasteiger partial charge in [0.15, 0.2) is 0 Å². The van der Waals surface area contributed by atoms with Crippen LogP contribution in [-0.4, -0.2) is 39.2 Å². The second kappa shape index (κ2) is 5.52. The fourth-order valence-electron chi connectivity index (χ4n) is 2.40. The first-order valence-electron chi connectivity index (χ1n) is 6.59. The van der Waals surface area contributed by atoms with E-state index in [-0.39, 0.29) is 11.9 Å². The molecule has 1 aromatic rings. The highest BCUT2D eigenvalue weighted by Crippen LogP contribution is 2.14. The molecule has 1 unspecified atom stereocenters. The van der Waals surface area contributed by atoms with Gasteiger partial charge in [-0.25, -0.2) is 0 Å². The SMILES string of the molecule is CC(C)NC1CCCN(Cc2ccn(C)n2)C1=O. The molecule has 5 heteroatoms. The fourth-order valence-corrected chi connectivity index (χ4v) is 2.40. The van der Waals surface area contributed by atoms with E-state index in [0.717, 1.165) is 25.1 Å². The summed E-state index contributed by atoms with van der Waals surface area (Å²) < 4.78 is 1.77. The molecule has 1 fully saturated rings. The number of hydrogen-bond acceptors (Lipinski definition) is 3. The Morgan fingerprint density at radius 2 is 2.33 bits per heavy atom. The van der Waals surface area contributed by atoms with Gasteiger partial charge in [0, 0.05) is 25.8 Å². The van der Waals surface area contributed by atoms with Crippen LogP contribution in [0.2, 0.25) is 0 Å². The summed E-state index contributed by atoms with van der Waals surface area (Å²) in [5.41, 5.74) is 0.955. The van der Waals surface area contributed by atoms with E-state index in [2.05, 4.69) is 24.3 Å². The van der Waals surface area contributed by atoms with E-state index in [1.165, 1.54) is 0 Å². The number of piperidine rings is 1. The van der Waals surface area contributed by atoms with Crippen LogP contribution in [0.1, 0.15) is 32.4 Å². The molecule has 2 rings (SSSR count). The number of likely N-dealkylation sites (tertiary alicyclic amines) is 1. The maximum Gasteiger partial charge on any atom is 0.240 e. The minimum Gasteiger partial charge on any atom is -0.335 e. The van der Waals surface area contributed by atoms with Gasteiger partial charge in [-0.2, -0.15) is 5.10 Å². The highest BCUT2D eigenvalue weighted by Gasteiger charge is 2.29. The molecule has 0 aromatic carbocycles. The fraction of sp³-hybridized carbons (Fsp3) is 0.692. The summed E-state index contributed by atoms with van der Waals surface area (Å²) >= 11 is 0. The van der Waals surface area contributed by atoms with Gasteiger partial charge in [-0.05, 0) is 18.9 Å². The predicted octanol–water partition coefficient (Wildman–Crippen LogP) is 0.909. The van der Waals surface area contributed by atoms with Crippen molar-refractivity contribution in [1.29, 1.82) is 0 Å². The molecular formula is C13H22N4O. The van der Waals surface area contributed by atoms with Gasteiger partial charge >= 0.3 is 0 Å². The number of aromatic nitrogens is 2. The summed E-state index contributed by atoms with van der Waals surface area (Å²) in [5.74, 6) is 0.209. The van der Waals surface area contributed by atoms with Gasteiger partial charge in [0.2, 0.25) is 5.91 Å². The molecule has 1 atom stereocenters. The number of nitrogens with one attached hydrogen (secondary N) is 1.